The number of likely N-dealkylation sites (N-methyl/N-ethyl adjacent to an activating group) is 1. The van der Waals surface area contributed by atoms with Crippen molar-refractivity contribution in [2.24, 2.45) is 0 Å². The smallest absolute Gasteiger partial charge is 0.295 e. The highest BCUT2D eigenvalue weighted by Gasteiger charge is 2.46. The van der Waals surface area contributed by atoms with Gasteiger partial charge in [-0.05, 0) is 55.8 Å². The summed E-state index contributed by atoms with van der Waals surface area (Å²) >= 11 is 0. The molecule has 6 heteroatoms. The second kappa shape index (κ2) is 10.0. The maximum absolute atomic E-state index is 13.2. The van der Waals surface area contributed by atoms with Crippen LogP contribution >= 0.6 is 0 Å². The highest BCUT2D eigenvalue weighted by atomic mass is 16.5. The maximum atomic E-state index is 13.2. The van der Waals surface area contributed by atoms with Gasteiger partial charge in [0.05, 0.1) is 18.7 Å². The van der Waals surface area contributed by atoms with Crippen LogP contribution in [0.15, 0.2) is 48.0 Å². The Labute approximate surface area is 190 Å². The van der Waals surface area contributed by atoms with E-state index in [2.05, 4.69) is 18.7 Å². The summed E-state index contributed by atoms with van der Waals surface area (Å²) in [6.45, 7) is 10.7. The van der Waals surface area contributed by atoms with E-state index in [0.717, 1.165) is 29.8 Å². The van der Waals surface area contributed by atoms with E-state index in [0.29, 0.717) is 24.4 Å². The molecule has 0 bridgehead atoms. The normalized spacial score (nSPS) is 17.9. The number of likely N-dealkylation sites (tertiary alicyclic amines) is 1. The van der Waals surface area contributed by atoms with Crippen LogP contribution in [0.4, 0.5) is 0 Å². The zero-order chi connectivity index (χ0) is 23.4. The number of amides is 1. The summed E-state index contributed by atoms with van der Waals surface area (Å²) in [7, 11) is 1.60. The number of Topliss-reactive ketones (excluding diaryl/α,β-unsaturated/α-hetero) is 1. The van der Waals surface area contributed by atoms with Gasteiger partial charge < -0.3 is 19.6 Å². The van der Waals surface area contributed by atoms with Crippen molar-refractivity contribution in [3.8, 4) is 5.75 Å². The number of benzene rings is 2. The second-order valence-corrected chi connectivity index (χ2v) is 8.07. The van der Waals surface area contributed by atoms with Crippen molar-refractivity contribution in [2.75, 3.05) is 33.3 Å². The molecule has 170 valence electrons. The van der Waals surface area contributed by atoms with Crippen LogP contribution in [-0.4, -0.2) is 59.9 Å². The van der Waals surface area contributed by atoms with E-state index in [1.807, 2.05) is 50.2 Å². The molecule has 0 aliphatic carbocycles. The van der Waals surface area contributed by atoms with Gasteiger partial charge in [0, 0.05) is 18.7 Å². The molecule has 1 N–H and O–H groups in total. The fraction of sp³-hybridized carbons (Fsp3) is 0.385. The molecule has 1 aliphatic heterocycles. The zero-order valence-corrected chi connectivity index (χ0v) is 19.5. The molecule has 1 atom stereocenters. The zero-order valence-electron chi connectivity index (χ0n) is 19.5. The number of aliphatic hydroxyl groups excluding tert-OH is 1. The van der Waals surface area contributed by atoms with Gasteiger partial charge in [0.2, 0.25) is 0 Å². The third-order valence-corrected chi connectivity index (χ3v) is 6.20. The van der Waals surface area contributed by atoms with E-state index in [1.165, 1.54) is 0 Å². The van der Waals surface area contributed by atoms with Gasteiger partial charge in [-0.2, -0.15) is 0 Å². The minimum atomic E-state index is -0.649. The summed E-state index contributed by atoms with van der Waals surface area (Å²) in [5.74, 6) is -0.664. The molecular weight excluding hydrogens is 404 g/mol. The Morgan fingerprint density at radius 3 is 2.31 bits per heavy atom. The van der Waals surface area contributed by atoms with Crippen molar-refractivity contribution in [3.05, 3.63) is 70.3 Å². The highest BCUT2D eigenvalue weighted by molar-refractivity contribution is 6.46. The third kappa shape index (κ3) is 4.41. The summed E-state index contributed by atoms with van der Waals surface area (Å²) in [5.41, 5.74) is 3.08. The Bertz CT molecular complexity index is 1030. The Kier molecular flexibility index (Phi) is 7.36. The van der Waals surface area contributed by atoms with Crippen molar-refractivity contribution >= 4 is 17.4 Å². The number of ketones is 1. The predicted octanol–water partition coefficient (Wildman–Crippen LogP) is 4.08. The van der Waals surface area contributed by atoms with Gasteiger partial charge in [0.25, 0.3) is 11.7 Å². The molecule has 2 aromatic rings. The van der Waals surface area contributed by atoms with Crippen LogP contribution in [0.25, 0.3) is 5.76 Å². The lowest BCUT2D eigenvalue weighted by Gasteiger charge is -2.28. The molecule has 32 heavy (non-hydrogen) atoms. The molecule has 1 amide bonds. The maximum Gasteiger partial charge on any atom is 0.295 e. The molecule has 1 aliphatic rings. The fourth-order valence-corrected chi connectivity index (χ4v) is 4.29. The van der Waals surface area contributed by atoms with Crippen LogP contribution < -0.4 is 4.74 Å². The van der Waals surface area contributed by atoms with Crippen molar-refractivity contribution in [3.63, 3.8) is 0 Å². The van der Waals surface area contributed by atoms with Crippen LogP contribution in [0.1, 0.15) is 42.1 Å². The van der Waals surface area contributed by atoms with Crippen molar-refractivity contribution in [1.82, 2.24) is 9.80 Å². The quantitative estimate of drug-likeness (QED) is 0.384. The number of nitrogens with zero attached hydrogens (tertiary/aromatic N) is 2. The first-order valence-corrected chi connectivity index (χ1v) is 11.0. The monoisotopic (exact) mass is 436 g/mol. The first-order valence-electron chi connectivity index (χ1n) is 11.0. The Balaban J connectivity index is 2.13. The van der Waals surface area contributed by atoms with Gasteiger partial charge in [0.1, 0.15) is 11.5 Å². The van der Waals surface area contributed by atoms with Crippen molar-refractivity contribution in [2.45, 2.75) is 33.7 Å². The standard InChI is InChI=1S/C26H32N2O4/c1-6-27(7-2)13-14-28-23(19-11-9-8-10-12-19)22(25(30)26(28)31)24(29)20-15-18(4)21(32-5)16-17(20)3/h8-12,15-16,23,29H,6-7,13-14H2,1-5H3/b24-22+. The van der Waals surface area contributed by atoms with E-state index in [9.17, 15) is 14.7 Å². The number of ether oxygens (including phenoxy) is 1. The van der Waals surface area contributed by atoms with E-state index in [1.54, 1.807) is 18.1 Å². The average Bonchev–Trinajstić information content (AvgIpc) is 3.06. The van der Waals surface area contributed by atoms with E-state index >= 15 is 0 Å². The SMILES string of the molecule is CCN(CC)CCN1C(=O)C(=O)/C(=C(/O)c2cc(C)c(OC)cc2C)C1c1ccccc1. The van der Waals surface area contributed by atoms with Crippen molar-refractivity contribution < 1.29 is 19.4 Å². The number of hydrogen-bond acceptors (Lipinski definition) is 5. The summed E-state index contributed by atoms with van der Waals surface area (Å²) < 4.78 is 5.38. The molecule has 1 saturated heterocycles. The van der Waals surface area contributed by atoms with Crippen LogP contribution in [0, 0.1) is 13.8 Å². The number of aliphatic hydroxyl groups is 1. The second-order valence-electron chi connectivity index (χ2n) is 8.07. The Hall–Kier alpha value is -3.12. The summed E-state index contributed by atoms with van der Waals surface area (Å²) in [6.07, 6.45) is 0. The summed E-state index contributed by atoms with van der Waals surface area (Å²) in [4.78, 5) is 30.0. The number of carbonyl (C=O) groups excluding carboxylic acids is 2. The number of hydrogen-bond donors (Lipinski definition) is 1. The third-order valence-electron chi connectivity index (χ3n) is 6.20. The first kappa shape index (κ1) is 23.5. The summed E-state index contributed by atoms with van der Waals surface area (Å²) in [6, 6.07) is 12.4. The van der Waals surface area contributed by atoms with Gasteiger partial charge in [0.15, 0.2) is 0 Å². The van der Waals surface area contributed by atoms with Crippen LogP contribution in [-0.2, 0) is 9.59 Å². The molecule has 1 unspecified atom stereocenters. The molecule has 1 heterocycles. The van der Waals surface area contributed by atoms with Gasteiger partial charge >= 0.3 is 0 Å². The van der Waals surface area contributed by atoms with Gasteiger partial charge in [-0.25, -0.2) is 0 Å². The van der Waals surface area contributed by atoms with Gasteiger partial charge in [-0.3, -0.25) is 9.59 Å². The predicted molar refractivity (Wildman–Crippen MR) is 126 cm³/mol. The largest absolute Gasteiger partial charge is 0.507 e. The number of carbonyl (C=O) groups is 2. The molecule has 0 aromatic heterocycles. The molecule has 2 aromatic carbocycles. The van der Waals surface area contributed by atoms with Gasteiger partial charge in [-0.1, -0.05) is 44.2 Å². The lowest BCUT2D eigenvalue weighted by molar-refractivity contribution is -0.140. The summed E-state index contributed by atoms with van der Waals surface area (Å²) in [5, 5.41) is 11.3. The average molecular weight is 437 g/mol. The molecule has 0 spiro atoms. The molecule has 0 saturated carbocycles. The van der Waals surface area contributed by atoms with Gasteiger partial charge in [-0.15, -0.1) is 0 Å². The minimum Gasteiger partial charge on any atom is -0.507 e. The Morgan fingerprint density at radius 2 is 1.72 bits per heavy atom. The molecule has 6 nitrogen and oxygen atoms in total. The van der Waals surface area contributed by atoms with Crippen molar-refractivity contribution in [1.29, 1.82) is 0 Å². The highest BCUT2D eigenvalue weighted by Crippen LogP contribution is 2.40. The number of methoxy groups -OCH3 is 1. The first-order chi connectivity index (χ1) is 15.3. The number of rotatable bonds is 8. The molecule has 3 rings (SSSR count). The fourth-order valence-electron chi connectivity index (χ4n) is 4.29. The number of aryl methyl sites for hydroxylation is 2. The van der Waals surface area contributed by atoms with Crippen LogP contribution in [0.3, 0.4) is 0 Å². The van der Waals surface area contributed by atoms with Crippen LogP contribution in [0.2, 0.25) is 0 Å². The van der Waals surface area contributed by atoms with E-state index in [-0.39, 0.29) is 11.3 Å². The van der Waals surface area contributed by atoms with Crippen LogP contribution in [0.5, 0.6) is 5.75 Å². The van der Waals surface area contributed by atoms with E-state index in [4.69, 9.17) is 4.74 Å². The topological polar surface area (TPSA) is 70.1 Å². The lowest BCUT2D eigenvalue weighted by Crippen LogP contribution is -2.38. The lowest BCUT2D eigenvalue weighted by atomic mass is 9.93. The van der Waals surface area contributed by atoms with E-state index < -0.39 is 17.7 Å². The Morgan fingerprint density at radius 1 is 1.06 bits per heavy atom. The molecule has 0 radical (unpaired) electrons. The molecule has 1 fully saturated rings. The minimum absolute atomic E-state index is 0.133. The molecular formula is C26H32N2O4.